The fourth-order valence-electron chi connectivity index (χ4n) is 9.87. The van der Waals surface area contributed by atoms with Gasteiger partial charge >= 0.3 is 0 Å². The molecule has 5 heteroatoms. The fourth-order valence-corrected chi connectivity index (χ4v) is 9.87. The monoisotopic (exact) mass is 966 g/mol. The van der Waals surface area contributed by atoms with Crippen LogP contribution in [0.4, 0.5) is 17.1 Å². The van der Waals surface area contributed by atoms with Crippen LogP contribution in [0.25, 0.3) is 68.6 Å². The van der Waals surface area contributed by atoms with Crippen LogP contribution in [0, 0.1) is 0 Å². The Labute approximate surface area is 437 Å². The van der Waals surface area contributed by atoms with Crippen LogP contribution in [0.3, 0.4) is 0 Å². The summed E-state index contributed by atoms with van der Waals surface area (Å²) < 4.78 is 0. The molecule has 0 spiro atoms. The Morgan fingerprint density at radius 2 is 0.699 bits per heavy atom. The summed E-state index contributed by atoms with van der Waals surface area (Å²) in [6.07, 6.45) is 8.77. The molecule has 9 rings (SSSR count). The Morgan fingerprint density at radius 3 is 1.14 bits per heavy atom. The smallest absolute Gasteiger partial charge is 0.0957 e. The molecule has 4 aromatic carbocycles. The van der Waals surface area contributed by atoms with Crippen LogP contribution in [0.2, 0.25) is 0 Å². The van der Waals surface area contributed by atoms with Gasteiger partial charge in [-0.3, -0.25) is 0 Å². The molecule has 73 heavy (non-hydrogen) atoms. The molecular formula is C68H79N5. The number of aromatic nitrogens is 4. The van der Waals surface area contributed by atoms with E-state index in [9.17, 15) is 0 Å². The number of benzene rings is 4. The summed E-state index contributed by atoms with van der Waals surface area (Å²) in [7, 11) is 0. The molecule has 0 fully saturated rings. The van der Waals surface area contributed by atoms with Crippen LogP contribution in [0.1, 0.15) is 181 Å². The molecule has 0 atom stereocenters. The normalized spacial score (nSPS) is 13.5. The SMILES string of the molecule is CC(C)(C)c1ccc(N(c2ccc(C(C)(C)C)cc2)c2c3nc(c(-c4cc(C(C)(C)C)cc(C(C)(C)C)c4)c4ccc(cc5nc(c(-c6cc(C(C)(C)C)cc(C(C)(C)C)c6)c6ccc2[nH]6)C=C5)[nH]4)C=C3)cc1. The largest absolute Gasteiger partial charge is 0.355 e. The van der Waals surface area contributed by atoms with Crippen molar-refractivity contribution >= 4 is 63.4 Å². The van der Waals surface area contributed by atoms with Crippen LogP contribution < -0.4 is 4.90 Å². The van der Waals surface area contributed by atoms with E-state index >= 15 is 0 Å². The van der Waals surface area contributed by atoms with Gasteiger partial charge in [-0.25, -0.2) is 9.97 Å². The van der Waals surface area contributed by atoms with Crippen molar-refractivity contribution in [2.24, 2.45) is 0 Å². The number of H-pyrrole nitrogens is 2. The molecule has 3 aromatic heterocycles. The molecule has 8 bridgehead atoms. The summed E-state index contributed by atoms with van der Waals surface area (Å²) in [6.45, 7) is 41.3. The van der Waals surface area contributed by atoms with Gasteiger partial charge in [-0.05, 0) is 156 Å². The lowest BCUT2D eigenvalue weighted by molar-refractivity contribution is 0.568. The van der Waals surface area contributed by atoms with E-state index in [0.29, 0.717) is 0 Å². The molecule has 5 nitrogen and oxygen atoms in total. The van der Waals surface area contributed by atoms with E-state index in [-0.39, 0.29) is 32.5 Å². The maximum Gasteiger partial charge on any atom is 0.0957 e. The first kappa shape index (κ1) is 51.2. The van der Waals surface area contributed by atoms with Gasteiger partial charge in [0.05, 0.1) is 34.0 Å². The molecule has 2 N–H and O–H groups in total. The number of fused-ring (bicyclic) bond motifs is 8. The van der Waals surface area contributed by atoms with Crippen molar-refractivity contribution in [1.82, 2.24) is 19.9 Å². The third kappa shape index (κ3) is 10.6. The first-order chi connectivity index (χ1) is 33.9. The number of rotatable bonds is 5. The maximum absolute atomic E-state index is 5.80. The van der Waals surface area contributed by atoms with Gasteiger partial charge in [0.15, 0.2) is 0 Å². The highest BCUT2D eigenvalue weighted by Crippen LogP contribution is 2.45. The molecule has 0 radical (unpaired) electrons. The predicted octanol–water partition coefficient (Wildman–Crippen LogP) is 19.2. The van der Waals surface area contributed by atoms with E-state index in [1.54, 1.807) is 0 Å². The minimum atomic E-state index is -0.0780. The third-order valence-electron chi connectivity index (χ3n) is 14.7. The zero-order valence-electron chi connectivity index (χ0n) is 47.1. The number of nitrogens with one attached hydrogen (secondary N) is 2. The molecule has 376 valence electrons. The molecule has 0 saturated heterocycles. The van der Waals surface area contributed by atoms with E-state index in [1.165, 1.54) is 33.4 Å². The van der Waals surface area contributed by atoms with Crippen LogP contribution in [0.15, 0.2) is 115 Å². The van der Waals surface area contributed by atoms with Crippen molar-refractivity contribution in [1.29, 1.82) is 0 Å². The summed E-state index contributed by atoms with van der Waals surface area (Å²) in [5, 5.41) is 0. The highest BCUT2D eigenvalue weighted by Gasteiger charge is 2.28. The van der Waals surface area contributed by atoms with Crippen LogP contribution in [0.5, 0.6) is 0 Å². The standard InChI is InChI=1S/C68H79N5/c1-63(2,3)44-19-25-52(26-20-44)73(53-27-21-45(22-28-53)64(4,5)6)62-58-33-31-56(71-58)60(42-35-46(65(7,8)9)39-47(36-42)66(10,11)12)54-29-23-50(69-54)41-51-24-30-55(70-51)61(57-32-34-59(62)72-57)43-37-48(67(13,14)15)40-49(38-43)68(16,17)18/h19-41,69,72H,1-18H3. The van der Waals surface area contributed by atoms with Gasteiger partial charge in [0.25, 0.3) is 0 Å². The molecule has 0 saturated carbocycles. The molecule has 0 amide bonds. The summed E-state index contributed by atoms with van der Waals surface area (Å²) in [4.78, 5) is 21.6. The maximum atomic E-state index is 5.80. The summed E-state index contributed by atoms with van der Waals surface area (Å²) in [5.74, 6) is 0. The number of hydrogen-bond acceptors (Lipinski definition) is 3. The Bertz CT molecular complexity index is 3280. The van der Waals surface area contributed by atoms with Crippen LogP contribution in [-0.4, -0.2) is 19.9 Å². The van der Waals surface area contributed by atoms with Gasteiger partial charge in [-0.2, -0.15) is 0 Å². The van der Waals surface area contributed by atoms with Crippen molar-refractivity contribution in [3.63, 3.8) is 0 Å². The van der Waals surface area contributed by atoms with Gasteiger partial charge < -0.3 is 14.9 Å². The number of aromatic amines is 2. The highest BCUT2D eigenvalue weighted by atomic mass is 15.2. The topological polar surface area (TPSA) is 60.6 Å². The van der Waals surface area contributed by atoms with Gasteiger partial charge in [-0.15, -0.1) is 0 Å². The van der Waals surface area contributed by atoms with Crippen LogP contribution >= 0.6 is 0 Å². The van der Waals surface area contributed by atoms with Crippen molar-refractivity contribution in [2.75, 3.05) is 4.90 Å². The average Bonchev–Trinajstić information content (AvgIpc) is 4.14. The Kier molecular flexibility index (Phi) is 12.7. The molecule has 2 aliphatic heterocycles. The van der Waals surface area contributed by atoms with Crippen molar-refractivity contribution < 1.29 is 0 Å². The Morgan fingerprint density at radius 1 is 0.329 bits per heavy atom. The second-order valence-corrected chi connectivity index (χ2v) is 26.9. The summed E-state index contributed by atoms with van der Waals surface area (Å²) in [6, 6.07) is 43.6. The second-order valence-electron chi connectivity index (χ2n) is 26.9. The van der Waals surface area contributed by atoms with Crippen molar-refractivity contribution in [3.8, 4) is 22.3 Å². The van der Waals surface area contributed by atoms with E-state index in [4.69, 9.17) is 9.97 Å². The highest BCUT2D eigenvalue weighted by molar-refractivity contribution is 5.99. The van der Waals surface area contributed by atoms with Gasteiger partial charge in [0, 0.05) is 39.1 Å². The Hall–Kier alpha value is -6.72. The van der Waals surface area contributed by atoms with E-state index in [1.807, 2.05) is 0 Å². The lowest BCUT2D eigenvalue weighted by atomic mass is 9.78. The van der Waals surface area contributed by atoms with E-state index < -0.39 is 0 Å². The quantitative estimate of drug-likeness (QED) is 0.181. The minimum absolute atomic E-state index is 0.0137. The zero-order chi connectivity index (χ0) is 52.8. The Balaban J connectivity index is 1.47. The number of nitrogens with zero attached hydrogens (tertiary/aromatic N) is 3. The number of anilines is 3. The first-order valence-electron chi connectivity index (χ1n) is 26.4. The fraction of sp³-hybridized carbons (Fsp3) is 0.353. The summed E-state index contributed by atoms with van der Waals surface area (Å²) >= 11 is 0. The second kappa shape index (κ2) is 18.0. The van der Waals surface area contributed by atoms with Gasteiger partial charge in [0.2, 0.25) is 0 Å². The molecular weight excluding hydrogens is 887 g/mol. The predicted molar refractivity (Wildman–Crippen MR) is 317 cm³/mol. The molecule has 2 aliphatic rings. The summed E-state index contributed by atoms with van der Waals surface area (Å²) in [5.41, 5.74) is 22.2. The zero-order valence-corrected chi connectivity index (χ0v) is 47.1. The molecule has 5 heterocycles. The molecule has 7 aromatic rings. The lowest BCUT2D eigenvalue weighted by Gasteiger charge is -2.28. The van der Waals surface area contributed by atoms with E-state index in [2.05, 4.69) is 279 Å². The van der Waals surface area contributed by atoms with Crippen molar-refractivity contribution in [3.05, 3.63) is 171 Å². The third-order valence-corrected chi connectivity index (χ3v) is 14.7. The van der Waals surface area contributed by atoms with E-state index in [0.717, 1.165) is 84.2 Å². The number of hydrogen-bond donors (Lipinski definition) is 2. The lowest BCUT2D eigenvalue weighted by Crippen LogP contribution is -2.16. The van der Waals surface area contributed by atoms with Gasteiger partial charge in [0.1, 0.15) is 0 Å². The minimum Gasteiger partial charge on any atom is -0.355 e. The first-order valence-corrected chi connectivity index (χ1v) is 26.4. The molecule has 0 unspecified atom stereocenters. The molecule has 0 aliphatic carbocycles. The average molecular weight is 966 g/mol. The van der Waals surface area contributed by atoms with Crippen molar-refractivity contribution in [2.45, 2.75) is 157 Å². The van der Waals surface area contributed by atoms with Crippen LogP contribution in [-0.2, 0) is 32.5 Å². The van der Waals surface area contributed by atoms with Gasteiger partial charge in [-0.1, -0.05) is 185 Å².